The van der Waals surface area contributed by atoms with Crippen LogP contribution in [0.3, 0.4) is 0 Å². The Morgan fingerprint density at radius 2 is 0.944 bits per heavy atom. The first-order valence-corrected chi connectivity index (χ1v) is 12.3. The van der Waals surface area contributed by atoms with Crippen LogP contribution >= 0.6 is 0 Å². The van der Waals surface area contributed by atoms with Crippen LogP contribution in [0.15, 0.2) is 66.7 Å². The monoisotopic (exact) mass is 487 g/mol. The summed E-state index contributed by atoms with van der Waals surface area (Å²) in [6.45, 7) is 13.2. The van der Waals surface area contributed by atoms with Crippen molar-refractivity contribution < 1.29 is 19.1 Å². The predicted octanol–water partition coefficient (Wildman–Crippen LogP) is 6.97. The van der Waals surface area contributed by atoms with E-state index in [0.717, 1.165) is 33.6 Å². The third-order valence-corrected chi connectivity index (χ3v) is 5.70. The van der Waals surface area contributed by atoms with Crippen LogP contribution < -0.4 is 0 Å². The molecule has 0 saturated heterocycles. The zero-order valence-corrected chi connectivity index (χ0v) is 22.3. The van der Waals surface area contributed by atoms with Crippen LogP contribution in [0.4, 0.5) is 0 Å². The Bertz CT molecular complexity index is 1080. The third-order valence-electron chi connectivity index (χ3n) is 5.70. The van der Waals surface area contributed by atoms with Gasteiger partial charge in [0.1, 0.15) is 0 Å². The topological polar surface area (TPSA) is 65.5 Å². The van der Waals surface area contributed by atoms with E-state index >= 15 is 0 Å². The molecule has 2 aromatic carbocycles. The molecule has 0 aliphatic carbocycles. The van der Waals surface area contributed by atoms with Gasteiger partial charge in [-0.05, 0) is 23.3 Å². The van der Waals surface area contributed by atoms with E-state index in [1.165, 1.54) is 0 Å². The smallest absolute Gasteiger partial charge is 0.168 e. The number of benzene rings is 2. The molecular formula is C31H37NO4. The Hall–Kier alpha value is -3.15. The molecular weight excluding hydrogens is 450 g/mol. The highest BCUT2D eigenvalue weighted by molar-refractivity contribution is 6.00. The van der Waals surface area contributed by atoms with Gasteiger partial charge in [-0.1, -0.05) is 96.1 Å². The molecule has 1 heterocycles. The molecule has 190 valence electrons. The summed E-state index contributed by atoms with van der Waals surface area (Å²) in [6, 6.07) is 21.0. The number of Topliss-reactive ketones (excluding diaryl/α,β-unsaturated/α-hetero) is 2. The fourth-order valence-corrected chi connectivity index (χ4v) is 3.61. The van der Waals surface area contributed by atoms with Crippen LogP contribution in [0.1, 0.15) is 84.8 Å². The summed E-state index contributed by atoms with van der Waals surface area (Å²) in [5.74, 6) is 0.261. The van der Waals surface area contributed by atoms with Crippen molar-refractivity contribution in [2.45, 2.75) is 68.0 Å². The van der Waals surface area contributed by atoms with Crippen molar-refractivity contribution in [1.29, 1.82) is 0 Å². The fourth-order valence-electron chi connectivity index (χ4n) is 3.61. The summed E-state index contributed by atoms with van der Waals surface area (Å²) in [6.07, 6.45) is 0. The van der Waals surface area contributed by atoms with Crippen molar-refractivity contribution in [2.24, 2.45) is 10.8 Å². The van der Waals surface area contributed by atoms with Crippen LogP contribution in [0.5, 0.6) is 0 Å². The maximum atomic E-state index is 12.4. The summed E-state index contributed by atoms with van der Waals surface area (Å²) in [5.41, 5.74) is 4.34. The lowest BCUT2D eigenvalue weighted by atomic mass is 9.86. The zero-order chi connectivity index (χ0) is 26.3. The normalized spacial score (nSPS) is 11.9. The first-order chi connectivity index (χ1) is 16.9. The molecule has 3 aromatic rings. The van der Waals surface area contributed by atoms with Gasteiger partial charge in [-0.15, -0.1) is 0 Å². The van der Waals surface area contributed by atoms with E-state index in [4.69, 9.17) is 9.47 Å². The first-order valence-electron chi connectivity index (χ1n) is 12.3. The average molecular weight is 488 g/mol. The molecule has 0 spiro atoms. The summed E-state index contributed by atoms with van der Waals surface area (Å²) >= 11 is 0. The van der Waals surface area contributed by atoms with Crippen LogP contribution in [0.2, 0.25) is 0 Å². The summed E-state index contributed by atoms with van der Waals surface area (Å²) in [5, 5.41) is 0. The molecule has 0 amide bonds. The van der Waals surface area contributed by atoms with Gasteiger partial charge in [0.05, 0.1) is 37.8 Å². The number of carbonyl (C=O) groups is 2. The van der Waals surface area contributed by atoms with Gasteiger partial charge < -0.3 is 9.47 Å². The molecule has 36 heavy (non-hydrogen) atoms. The number of ether oxygens (including phenoxy) is 2. The fraction of sp³-hybridized carbons (Fsp3) is 0.387. The Morgan fingerprint density at radius 3 is 1.28 bits per heavy atom. The van der Waals surface area contributed by atoms with E-state index in [1.807, 2.05) is 108 Å². The molecule has 3 rings (SSSR count). The molecule has 0 aliphatic heterocycles. The van der Waals surface area contributed by atoms with Gasteiger partial charge >= 0.3 is 0 Å². The first kappa shape index (κ1) is 27.4. The van der Waals surface area contributed by atoms with Gasteiger partial charge in [0.15, 0.2) is 11.6 Å². The molecule has 0 aliphatic rings. The maximum absolute atomic E-state index is 12.4. The van der Waals surface area contributed by atoms with E-state index < -0.39 is 10.8 Å². The molecule has 0 N–H and O–H groups in total. The number of aromatic nitrogens is 1. The average Bonchev–Trinajstić information content (AvgIpc) is 2.83. The van der Waals surface area contributed by atoms with Crippen LogP contribution in [0.25, 0.3) is 0 Å². The lowest BCUT2D eigenvalue weighted by Crippen LogP contribution is -2.20. The quantitative estimate of drug-likeness (QED) is 0.289. The van der Waals surface area contributed by atoms with E-state index in [0.29, 0.717) is 26.4 Å². The Balaban J connectivity index is 1.45. The molecule has 0 fully saturated rings. The molecule has 1 aromatic heterocycles. The SMILES string of the molecule is CC(C)(C)C(=O)c1ccc(COCc2cccc(COCc3ccc(C(=O)C(C)(C)C)cc3)n2)cc1. The third kappa shape index (κ3) is 7.94. The molecule has 0 bridgehead atoms. The van der Waals surface area contributed by atoms with Crippen molar-refractivity contribution in [1.82, 2.24) is 4.98 Å². The van der Waals surface area contributed by atoms with E-state index in [1.54, 1.807) is 0 Å². The van der Waals surface area contributed by atoms with Crippen molar-refractivity contribution in [2.75, 3.05) is 0 Å². The van der Waals surface area contributed by atoms with Gasteiger partial charge in [-0.25, -0.2) is 0 Å². The summed E-state index contributed by atoms with van der Waals surface area (Å²) < 4.78 is 11.7. The highest BCUT2D eigenvalue weighted by Gasteiger charge is 2.23. The highest BCUT2D eigenvalue weighted by atomic mass is 16.5. The number of pyridine rings is 1. The number of ketones is 2. The zero-order valence-electron chi connectivity index (χ0n) is 22.3. The summed E-state index contributed by atoms with van der Waals surface area (Å²) in [4.78, 5) is 29.4. The number of hydrogen-bond acceptors (Lipinski definition) is 5. The molecule has 0 atom stereocenters. The van der Waals surface area contributed by atoms with Crippen molar-refractivity contribution >= 4 is 11.6 Å². The van der Waals surface area contributed by atoms with E-state index in [9.17, 15) is 9.59 Å². The maximum Gasteiger partial charge on any atom is 0.168 e. The van der Waals surface area contributed by atoms with Gasteiger partial charge in [0, 0.05) is 22.0 Å². The standard InChI is InChI=1S/C31H37NO4/c1-30(2,3)28(33)24-14-10-22(11-15-24)18-35-20-26-8-7-9-27(32-26)21-36-19-23-12-16-25(17-13-23)29(34)31(4,5)6/h7-17H,18-21H2,1-6H3. The van der Waals surface area contributed by atoms with Crippen molar-refractivity contribution in [3.05, 3.63) is 100 Å². The molecule has 5 nitrogen and oxygen atoms in total. The van der Waals surface area contributed by atoms with Crippen LogP contribution in [0, 0.1) is 10.8 Å². The van der Waals surface area contributed by atoms with Gasteiger partial charge in [-0.3, -0.25) is 14.6 Å². The Labute approximate surface area is 214 Å². The molecule has 0 radical (unpaired) electrons. The largest absolute Gasteiger partial charge is 0.370 e. The minimum absolute atomic E-state index is 0.130. The van der Waals surface area contributed by atoms with Gasteiger partial charge in [0.2, 0.25) is 0 Å². The lowest BCUT2D eigenvalue weighted by molar-refractivity contribution is 0.0852. The summed E-state index contributed by atoms with van der Waals surface area (Å²) in [7, 11) is 0. The minimum Gasteiger partial charge on any atom is -0.370 e. The minimum atomic E-state index is -0.393. The van der Waals surface area contributed by atoms with Crippen LogP contribution in [-0.4, -0.2) is 16.6 Å². The Morgan fingerprint density at radius 1 is 0.583 bits per heavy atom. The second-order valence-electron chi connectivity index (χ2n) is 11.2. The van der Waals surface area contributed by atoms with Gasteiger partial charge in [0.25, 0.3) is 0 Å². The molecule has 0 unspecified atom stereocenters. The van der Waals surface area contributed by atoms with E-state index in [-0.39, 0.29) is 11.6 Å². The predicted molar refractivity (Wildman–Crippen MR) is 142 cm³/mol. The second kappa shape index (κ2) is 11.7. The molecule has 0 saturated carbocycles. The number of nitrogens with zero attached hydrogens (tertiary/aromatic N) is 1. The number of hydrogen-bond donors (Lipinski definition) is 0. The van der Waals surface area contributed by atoms with Gasteiger partial charge in [-0.2, -0.15) is 0 Å². The lowest BCUT2D eigenvalue weighted by Gasteiger charge is -2.16. The Kier molecular flexibility index (Phi) is 8.93. The second-order valence-corrected chi connectivity index (χ2v) is 11.2. The number of carbonyl (C=O) groups excluding carboxylic acids is 2. The van der Waals surface area contributed by atoms with Crippen molar-refractivity contribution in [3.63, 3.8) is 0 Å². The molecule has 5 heteroatoms. The number of rotatable bonds is 10. The van der Waals surface area contributed by atoms with Crippen molar-refractivity contribution in [3.8, 4) is 0 Å². The van der Waals surface area contributed by atoms with Crippen LogP contribution in [-0.2, 0) is 35.9 Å². The highest BCUT2D eigenvalue weighted by Crippen LogP contribution is 2.22. The van der Waals surface area contributed by atoms with E-state index in [2.05, 4.69) is 4.98 Å².